The predicted molar refractivity (Wildman–Crippen MR) is 64.3 cm³/mol. The average molecular weight is 259 g/mol. The van der Waals surface area contributed by atoms with Crippen LogP contribution in [0.15, 0.2) is 12.3 Å². The van der Waals surface area contributed by atoms with Gasteiger partial charge in [0.25, 0.3) is 0 Å². The van der Waals surface area contributed by atoms with E-state index in [2.05, 4.69) is 11.9 Å². The highest BCUT2D eigenvalue weighted by atomic mass is 19.4. The second kappa shape index (κ2) is 4.66. The van der Waals surface area contributed by atoms with Crippen molar-refractivity contribution in [1.82, 2.24) is 4.98 Å². The third-order valence-electron chi connectivity index (χ3n) is 3.41. The van der Waals surface area contributed by atoms with Crippen LogP contribution in [0.3, 0.4) is 0 Å². The van der Waals surface area contributed by atoms with E-state index in [9.17, 15) is 13.2 Å². The maximum atomic E-state index is 12.6. The molecule has 0 spiro atoms. The number of rotatable bonds is 2. The topological polar surface area (TPSA) is 42.2 Å². The molecule has 1 unspecified atom stereocenters. The summed E-state index contributed by atoms with van der Waals surface area (Å²) in [5.74, 6) is 0.534. The first-order valence-corrected chi connectivity index (χ1v) is 5.99. The van der Waals surface area contributed by atoms with E-state index in [1.54, 1.807) is 0 Å². The fourth-order valence-electron chi connectivity index (χ4n) is 2.27. The van der Waals surface area contributed by atoms with Crippen LogP contribution in [0.5, 0.6) is 0 Å². The standard InChI is InChI=1S/C12H16F3N3/c1-2-8-3-4-18(7-8)10-5-11(12(13,14)15)17-6-9(10)16/h5-6,8H,2-4,7,16H2,1H3. The van der Waals surface area contributed by atoms with Crippen LogP contribution in [0.1, 0.15) is 25.5 Å². The van der Waals surface area contributed by atoms with Gasteiger partial charge in [-0.05, 0) is 18.4 Å². The molecule has 2 rings (SSSR count). The van der Waals surface area contributed by atoms with Gasteiger partial charge in [-0.1, -0.05) is 13.3 Å². The van der Waals surface area contributed by atoms with Gasteiger partial charge in [0.1, 0.15) is 5.69 Å². The number of hydrogen-bond acceptors (Lipinski definition) is 3. The smallest absolute Gasteiger partial charge is 0.396 e. The van der Waals surface area contributed by atoms with Crippen molar-refractivity contribution < 1.29 is 13.2 Å². The normalized spacial score (nSPS) is 20.4. The molecule has 1 aliphatic rings. The van der Waals surface area contributed by atoms with E-state index in [4.69, 9.17) is 5.73 Å². The van der Waals surface area contributed by atoms with Crippen molar-refractivity contribution in [3.05, 3.63) is 18.0 Å². The summed E-state index contributed by atoms with van der Waals surface area (Å²) < 4.78 is 37.8. The van der Waals surface area contributed by atoms with Gasteiger partial charge in [0.15, 0.2) is 0 Å². The molecule has 0 bridgehead atoms. The molecule has 1 atom stereocenters. The van der Waals surface area contributed by atoms with Crippen molar-refractivity contribution in [2.45, 2.75) is 25.9 Å². The summed E-state index contributed by atoms with van der Waals surface area (Å²) in [6, 6.07) is 1.05. The number of hydrogen-bond donors (Lipinski definition) is 1. The SMILES string of the molecule is CCC1CCN(c2cc(C(F)(F)F)ncc2N)C1. The Bertz CT molecular complexity index is 431. The molecule has 6 heteroatoms. The summed E-state index contributed by atoms with van der Waals surface area (Å²) in [7, 11) is 0. The minimum absolute atomic E-state index is 0.305. The molecular formula is C12H16F3N3. The lowest BCUT2D eigenvalue weighted by Gasteiger charge is -2.21. The third kappa shape index (κ3) is 2.52. The maximum absolute atomic E-state index is 12.6. The average Bonchev–Trinajstić information content (AvgIpc) is 2.76. The molecule has 0 radical (unpaired) electrons. The number of aromatic nitrogens is 1. The van der Waals surface area contributed by atoms with Gasteiger partial charge in [-0.3, -0.25) is 0 Å². The van der Waals surface area contributed by atoms with Crippen molar-refractivity contribution in [2.24, 2.45) is 5.92 Å². The summed E-state index contributed by atoms with van der Waals surface area (Å²) in [4.78, 5) is 5.26. The van der Waals surface area contributed by atoms with E-state index in [-0.39, 0.29) is 0 Å². The van der Waals surface area contributed by atoms with Gasteiger partial charge in [0.2, 0.25) is 0 Å². The van der Waals surface area contributed by atoms with Gasteiger partial charge < -0.3 is 10.6 Å². The minimum atomic E-state index is -4.42. The molecule has 1 aromatic heterocycles. The Labute approximate surface area is 104 Å². The monoisotopic (exact) mass is 259 g/mol. The maximum Gasteiger partial charge on any atom is 0.433 e. The largest absolute Gasteiger partial charge is 0.433 e. The molecule has 1 fully saturated rings. The highest BCUT2D eigenvalue weighted by Crippen LogP contribution is 2.35. The second-order valence-corrected chi connectivity index (χ2v) is 4.64. The molecule has 3 nitrogen and oxygen atoms in total. The van der Waals surface area contributed by atoms with E-state index in [1.165, 1.54) is 0 Å². The fraction of sp³-hybridized carbons (Fsp3) is 0.583. The molecule has 0 aromatic carbocycles. The predicted octanol–water partition coefficient (Wildman–Crippen LogP) is 2.92. The van der Waals surface area contributed by atoms with E-state index >= 15 is 0 Å². The number of anilines is 2. The highest BCUT2D eigenvalue weighted by Gasteiger charge is 2.34. The molecule has 0 saturated carbocycles. The van der Waals surface area contributed by atoms with Gasteiger partial charge in [-0.15, -0.1) is 0 Å². The Kier molecular flexibility index (Phi) is 3.36. The number of nitrogens with two attached hydrogens (primary N) is 1. The number of halogens is 3. The van der Waals surface area contributed by atoms with Crippen LogP contribution in [0, 0.1) is 5.92 Å². The van der Waals surface area contributed by atoms with Crippen molar-refractivity contribution in [2.75, 3.05) is 23.7 Å². The van der Waals surface area contributed by atoms with Crippen molar-refractivity contribution in [3.63, 3.8) is 0 Å². The van der Waals surface area contributed by atoms with Crippen LogP contribution < -0.4 is 10.6 Å². The second-order valence-electron chi connectivity index (χ2n) is 4.64. The molecule has 1 aliphatic heterocycles. The number of alkyl halides is 3. The molecule has 1 saturated heterocycles. The Morgan fingerprint density at radius 3 is 2.78 bits per heavy atom. The van der Waals surface area contributed by atoms with E-state index in [0.717, 1.165) is 38.2 Å². The van der Waals surface area contributed by atoms with Crippen LogP contribution >= 0.6 is 0 Å². The summed E-state index contributed by atoms with van der Waals surface area (Å²) in [6.45, 7) is 3.61. The van der Waals surface area contributed by atoms with E-state index in [0.29, 0.717) is 17.3 Å². The number of nitrogen functional groups attached to an aromatic ring is 1. The molecule has 0 amide bonds. The highest BCUT2D eigenvalue weighted by molar-refractivity contribution is 5.67. The molecule has 100 valence electrons. The zero-order valence-corrected chi connectivity index (χ0v) is 10.2. The number of pyridine rings is 1. The number of nitrogens with zero attached hydrogens (tertiary/aromatic N) is 2. The van der Waals surface area contributed by atoms with Gasteiger partial charge in [0.05, 0.1) is 17.6 Å². The lowest BCUT2D eigenvalue weighted by molar-refractivity contribution is -0.141. The Balaban J connectivity index is 2.27. The zero-order valence-electron chi connectivity index (χ0n) is 10.2. The van der Waals surface area contributed by atoms with E-state index < -0.39 is 11.9 Å². The Morgan fingerprint density at radius 1 is 1.50 bits per heavy atom. The molecule has 2 N–H and O–H groups in total. The summed E-state index contributed by atoms with van der Waals surface area (Å²) in [5.41, 5.74) is 5.60. The van der Waals surface area contributed by atoms with Crippen LogP contribution in [0.25, 0.3) is 0 Å². The summed E-state index contributed by atoms with van der Waals surface area (Å²) in [5, 5.41) is 0. The third-order valence-corrected chi connectivity index (χ3v) is 3.41. The quantitative estimate of drug-likeness (QED) is 0.888. The van der Waals surface area contributed by atoms with Gasteiger partial charge in [-0.2, -0.15) is 13.2 Å². The van der Waals surface area contributed by atoms with Gasteiger partial charge in [0, 0.05) is 13.1 Å². The van der Waals surface area contributed by atoms with Crippen LogP contribution in [-0.2, 0) is 6.18 Å². The lowest BCUT2D eigenvalue weighted by Crippen LogP contribution is -2.22. The molecule has 1 aromatic rings. The van der Waals surface area contributed by atoms with Crippen molar-refractivity contribution in [3.8, 4) is 0 Å². The Hall–Kier alpha value is -1.46. The molecule has 2 heterocycles. The lowest BCUT2D eigenvalue weighted by atomic mass is 10.1. The van der Waals surface area contributed by atoms with Gasteiger partial charge >= 0.3 is 6.18 Å². The summed E-state index contributed by atoms with van der Waals surface area (Å²) >= 11 is 0. The first-order valence-electron chi connectivity index (χ1n) is 5.99. The molecule has 0 aliphatic carbocycles. The first-order chi connectivity index (χ1) is 8.41. The van der Waals surface area contributed by atoms with Crippen molar-refractivity contribution >= 4 is 11.4 Å². The first kappa shape index (κ1) is 13.0. The summed E-state index contributed by atoms with van der Waals surface area (Å²) in [6.07, 6.45) is -1.29. The molecule has 18 heavy (non-hydrogen) atoms. The van der Waals surface area contributed by atoms with Crippen LogP contribution in [-0.4, -0.2) is 18.1 Å². The van der Waals surface area contributed by atoms with E-state index in [1.807, 2.05) is 4.90 Å². The minimum Gasteiger partial charge on any atom is -0.396 e. The zero-order chi connectivity index (χ0) is 13.3. The van der Waals surface area contributed by atoms with Gasteiger partial charge in [-0.25, -0.2) is 4.98 Å². The fourth-order valence-corrected chi connectivity index (χ4v) is 2.27. The van der Waals surface area contributed by atoms with Crippen LogP contribution in [0.2, 0.25) is 0 Å². The molecular weight excluding hydrogens is 243 g/mol. The van der Waals surface area contributed by atoms with Crippen molar-refractivity contribution in [1.29, 1.82) is 0 Å². The Morgan fingerprint density at radius 2 is 2.22 bits per heavy atom. The van der Waals surface area contributed by atoms with Crippen LogP contribution in [0.4, 0.5) is 24.5 Å².